The van der Waals surface area contributed by atoms with Gasteiger partial charge in [-0.1, -0.05) is 12.1 Å². The quantitative estimate of drug-likeness (QED) is 0.369. The fourth-order valence-electron chi connectivity index (χ4n) is 4.73. The summed E-state index contributed by atoms with van der Waals surface area (Å²) >= 11 is 0. The van der Waals surface area contributed by atoms with Crippen LogP contribution in [0.1, 0.15) is 29.6 Å². The van der Waals surface area contributed by atoms with E-state index < -0.39 is 11.9 Å². The van der Waals surface area contributed by atoms with Crippen LogP contribution in [0, 0.1) is 5.82 Å². The monoisotopic (exact) mass is 489 g/mol. The summed E-state index contributed by atoms with van der Waals surface area (Å²) in [7, 11) is 4.87. The number of amides is 1. The zero-order chi connectivity index (χ0) is 25.4. The van der Waals surface area contributed by atoms with Crippen molar-refractivity contribution in [1.82, 2.24) is 20.1 Å². The fourth-order valence-corrected chi connectivity index (χ4v) is 4.73. The van der Waals surface area contributed by atoms with Crippen molar-refractivity contribution in [3.8, 4) is 28.1 Å². The largest absolute Gasteiger partial charge is 0.496 e. The molecule has 2 aromatic heterocycles. The minimum absolute atomic E-state index is 0.0959. The van der Waals surface area contributed by atoms with Crippen molar-refractivity contribution in [2.24, 2.45) is 0 Å². The van der Waals surface area contributed by atoms with Gasteiger partial charge < -0.3 is 20.1 Å². The van der Waals surface area contributed by atoms with Crippen LogP contribution in [0.15, 0.2) is 48.7 Å². The molecule has 0 saturated heterocycles. The molecule has 1 aliphatic carbocycles. The minimum atomic E-state index is -0.531. The normalized spacial score (nSPS) is 17.4. The molecule has 0 unspecified atom stereocenters. The molecule has 1 saturated carbocycles. The average Bonchev–Trinajstić information content (AvgIpc) is 3.49. The lowest BCUT2D eigenvalue weighted by Crippen LogP contribution is -2.26. The Balaban J connectivity index is 1.60. The fraction of sp³-hybridized carbons (Fsp3) is 0.296. The van der Waals surface area contributed by atoms with E-state index in [2.05, 4.69) is 20.5 Å². The summed E-state index contributed by atoms with van der Waals surface area (Å²) in [5.74, 6) is -0.172. The van der Waals surface area contributed by atoms with E-state index in [9.17, 15) is 9.90 Å². The number of H-pyrrole nitrogens is 1. The molecule has 0 radical (unpaired) electrons. The van der Waals surface area contributed by atoms with Crippen LogP contribution in [-0.4, -0.2) is 64.4 Å². The summed E-state index contributed by atoms with van der Waals surface area (Å²) in [6.07, 6.45) is 3.10. The third-order valence-corrected chi connectivity index (χ3v) is 6.59. The number of aromatic amines is 1. The van der Waals surface area contributed by atoms with Crippen LogP contribution in [0.2, 0.25) is 0 Å². The van der Waals surface area contributed by atoms with Gasteiger partial charge in [0, 0.05) is 42.8 Å². The Morgan fingerprint density at radius 3 is 2.72 bits per heavy atom. The van der Waals surface area contributed by atoms with Crippen molar-refractivity contribution in [1.29, 1.82) is 0 Å². The van der Waals surface area contributed by atoms with Gasteiger partial charge in [-0.3, -0.25) is 9.89 Å². The van der Waals surface area contributed by atoms with E-state index >= 15 is 4.39 Å². The molecule has 1 amide bonds. The predicted octanol–water partition coefficient (Wildman–Crippen LogP) is 4.47. The number of carbonyl (C=O) groups is 1. The number of benzene rings is 2. The number of anilines is 1. The van der Waals surface area contributed by atoms with Crippen LogP contribution in [0.4, 0.5) is 10.1 Å². The van der Waals surface area contributed by atoms with Gasteiger partial charge in [-0.05, 0) is 55.2 Å². The number of nitrogens with one attached hydrogen (secondary N) is 2. The summed E-state index contributed by atoms with van der Waals surface area (Å²) in [5.41, 5.74) is 3.61. The van der Waals surface area contributed by atoms with Crippen molar-refractivity contribution in [3.05, 3.63) is 60.0 Å². The molecule has 186 valence electrons. The van der Waals surface area contributed by atoms with Gasteiger partial charge in [-0.15, -0.1) is 0 Å². The highest BCUT2D eigenvalue weighted by Gasteiger charge is 2.27. The SMILES string of the molecule is COc1ccccc1-c1n[nH]c2ncc(-c3cc(F)c(N[C@H]4CC[C@H](O)C4)c(C(=O)N(C)C)c3)cc12. The Kier molecular flexibility index (Phi) is 6.32. The van der Waals surface area contributed by atoms with Crippen LogP contribution >= 0.6 is 0 Å². The van der Waals surface area contributed by atoms with Gasteiger partial charge in [0.2, 0.25) is 0 Å². The second kappa shape index (κ2) is 9.58. The van der Waals surface area contributed by atoms with E-state index in [1.165, 1.54) is 11.0 Å². The van der Waals surface area contributed by atoms with Gasteiger partial charge in [-0.25, -0.2) is 9.37 Å². The third-order valence-electron chi connectivity index (χ3n) is 6.59. The Hall–Kier alpha value is -3.98. The molecule has 36 heavy (non-hydrogen) atoms. The number of rotatable bonds is 6. The molecule has 0 bridgehead atoms. The van der Waals surface area contributed by atoms with Gasteiger partial charge in [0.25, 0.3) is 5.91 Å². The summed E-state index contributed by atoms with van der Waals surface area (Å²) in [6.45, 7) is 0. The number of aromatic nitrogens is 3. The Morgan fingerprint density at radius 1 is 1.19 bits per heavy atom. The number of hydrogen-bond acceptors (Lipinski definition) is 6. The zero-order valence-corrected chi connectivity index (χ0v) is 20.4. The van der Waals surface area contributed by atoms with Gasteiger partial charge in [-0.2, -0.15) is 5.10 Å². The lowest BCUT2D eigenvalue weighted by atomic mass is 9.99. The number of hydrogen-bond donors (Lipinski definition) is 3. The lowest BCUT2D eigenvalue weighted by molar-refractivity contribution is 0.0828. The number of aliphatic hydroxyl groups excluding tert-OH is 1. The number of aliphatic hydroxyl groups is 1. The molecule has 2 atom stereocenters. The molecular weight excluding hydrogens is 461 g/mol. The number of methoxy groups -OCH3 is 1. The van der Waals surface area contributed by atoms with Crippen molar-refractivity contribution in [2.45, 2.75) is 31.4 Å². The summed E-state index contributed by atoms with van der Waals surface area (Å²) < 4.78 is 21.0. The van der Waals surface area contributed by atoms with Gasteiger partial charge >= 0.3 is 0 Å². The van der Waals surface area contributed by atoms with Crippen LogP contribution in [-0.2, 0) is 0 Å². The molecule has 0 aliphatic heterocycles. The summed E-state index contributed by atoms with van der Waals surface area (Å²) in [5, 5.41) is 21.2. The number of carbonyl (C=O) groups excluding carboxylic acids is 1. The molecule has 3 N–H and O–H groups in total. The molecule has 4 aromatic rings. The first kappa shape index (κ1) is 23.7. The predicted molar refractivity (Wildman–Crippen MR) is 137 cm³/mol. The summed E-state index contributed by atoms with van der Waals surface area (Å²) in [4.78, 5) is 19.0. The first-order chi connectivity index (χ1) is 17.4. The average molecular weight is 490 g/mol. The number of halogens is 1. The highest BCUT2D eigenvalue weighted by Crippen LogP contribution is 2.36. The van der Waals surface area contributed by atoms with Crippen LogP contribution in [0.3, 0.4) is 0 Å². The second-order valence-electron chi connectivity index (χ2n) is 9.28. The lowest BCUT2D eigenvalue weighted by Gasteiger charge is -2.21. The molecule has 1 aliphatic rings. The number of para-hydroxylation sites is 1. The second-order valence-corrected chi connectivity index (χ2v) is 9.28. The number of pyridine rings is 1. The highest BCUT2D eigenvalue weighted by molar-refractivity contribution is 6.01. The van der Waals surface area contributed by atoms with Crippen molar-refractivity contribution in [2.75, 3.05) is 26.5 Å². The first-order valence-electron chi connectivity index (χ1n) is 11.8. The Labute approximate surface area is 208 Å². The third kappa shape index (κ3) is 4.37. The molecule has 5 rings (SSSR count). The van der Waals surface area contributed by atoms with E-state index in [0.29, 0.717) is 47.5 Å². The maximum atomic E-state index is 15.5. The maximum absolute atomic E-state index is 15.5. The molecule has 2 aromatic carbocycles. The molecule has 1 fully saturated rings. The standard InChI is InChI=1S/C27H28FN5O3/c1-33(2)27(35)21-10-15(12-22(28)25(21)30-17-8-9-18(34)13-17)16-11-20-24(31-32-26(20)29-14-16)19-6-4-5-7-23(19)36-3/h4-7,10-12,14,17-18,30,34H,8-9,13H2,1-3H3,(H,29,31,32)/t17-,18-/m0/s1. The van der Waals surface area contributed by atoms with Gasteiger partial charge in [0.1, 0.15) is 17.3 Å². The molecule has 9 heteroatoms. The van der Waals surface area contributed by atoms with Crippen LogP contribution in [0.25, 0.3) is 33.4 Å². The minimum Gasteiger partial charge on any atom is -0.496 e. The zero-order valence-electron chi connectivity index (χ0n) is 20.4. The smallest absolute Gasteiger partial charge is 0.255 e. The van der Waals surface area contributed by atoms with E-state index in [4.69, 9.17) is 4.74 Å². The van der Waals surface area contributed by atoms with Crippen LogP contribution in [0.5, 0.6) is 5.75 Å². The Bertz CT molecular complexity index is 1430. The molecule has 8 nitrogen and oxygen atoms in total. The molecule has 2 heterocycles. The van der Waals surface area contributed by atoms with Gasteiger partial charge in [0.15, 0.2) is 5.65 Å². The Morgan fingerprint density at radius 2 is 2.00 bits per heavy atom. The van der Waals surface area contributed by atoms with Crippen molar-refractivity contribution in [3.63, 3.8) is 0 Å². The molecule has 0 spiro atoms. The van der Waals surface area contributed by atoms with E-state index in [1.54, 1.807) is 33.5 Å². The van der Waals surface area contributed by atoms with Crippen molar-refractivity contribution < 1.29 is 19.0 Å². The van der Waals surface area contributed by atoms with E-state index in [-0.39, 0.29) is 23.2 Å². The number of nitrogens with zero attached hydrogens (tertiary/aromatic N) is 3. The molecular formula is C27H28FN5O3. The maximum Gasteiger partial charge on any atom is 0.255 e. The highest BCUT2D eigenvalue weighted by atomic mass is 19.1. The van der Waals surface area contributed by atoms with Gasteiger partial charge in [0.05, 0.1) is 24.5 Å². The van der Waals surface area contributed by atoms with Crippen molar-refractivity contribution >= 4 is 22.6 Å². The van der Waals surface area contributed by atoms with E-state index in [1.807, 2.05) is 30.3 Å². The summed E-state index contributed by atoms with van der Waals surface area (Å²) in [6, 6.07) is 12.4. The number of fused-ring (bicyclic) bond motifs is 1. The topological polar surface area (TPSA) is 103 Å². The first-order valence-corrected chi connectivity index (χ1v) is 11.8. The number of ether oxygens (including phenoxy) is 1. The van der Waals surface area contributed by atoms with E-state index in [0.717, 1.165) is 10.9 Å². The van der Waals surface area contributed by atoms with Crippen LogP contribution < -0.4 is 10.1 Å².